The molecule has 0 saturated heterocycles. The summed E-state index contributed by atoms with van der Waals surface area (Å²) < 4.78 is 25.4. The van der Waals surface area contributed by atoms with Crippen molar-refractivity contribution in [1.82, 2.24) is 0 Å². The standard InChI is InChI=1S/C2H2Cl3N3O3S/c3-2(4,5)1-11-12(9,10)8-7-6/h1H2. The molecule has 0 unspecified atom stereocenters. The number of nitrogens with zero attached hydrogens (tertiary/aromatic N) is 3. The van der Waals surface area contributed by atoms with Crippen LogP contribution in [0.2, 0.25) is 0 Å². The lowest BCUT2D eigenvalue weighted by Crippen LogP contribution is -2.15. The van der Waals surface area contributed by atoms with E-state index in [2.05, 4.69) is 8.70 Å². The van der Waals surface area contributed by atoms with Crippen LogP contribution in [-0.4, -0.2) is 18.8 Å². The molecule has 0 saturated carbocycles. The molecule has 0 heterocycles. The molecule has 12 heavy (non-hydrogen) atoms. The molecule has 0 aromatic rings. The molecule has 0 rings (SSSR count). The molecule has 10 heteroatoms. The zero-order valence-corrected chi connectivity index (χ0v) is 8.40. The van der Waals surface area contributed by atoms with E-state index in [0.29, 0.717) is 0 Å². The van der Waals surface area contributed by atoms with Crippen molar-refractivity contribution in [2.24, 2.45) is 4.52 Å². The molecule has 0 aliphatic rings. The van der Waals surface area contributed by atoms with E-state index in [1.807, 2.05) is 4.91 Å². The van der Waals surface area contributed by atoms with Crippen LogP contribution in [0.15, 0.2) is 4.52 Å². The van der Waals surface area contributed by atoms with Crippen LogP contribution in [0.3, 0.4) is 0 Å². The highest BCUT2D eigenvalue weighted by atomic mass is 35.6. The first kappa shape index (κ1) is 12.1. The fourth-order valence-corrected chi connectivity index (χ4v) is 1.03. The van der Waals surface area contributed by atoms with E-state index in [1.54, 1.807) is 0 Å². The predicted octanol–water partition coefficient (Wildman–Crippen LogP) is 1.93. The van der Waals surface area contributed by atoms with E-state index in [-0.39, 0.29) is 0 Å². The van der Waals surface area contributed by atoms with Gasteiger partial charge in [-0.2, -0.15) is 8.42 Å². The minimum atomic E-state index is -4.31. The molecule has 0 radical (unpaired) electrons. The average molecular weight is 254 g/mol. The second-order valence-electron chi connectivity index (χ2n) is 1.48. The molecule has 0 bridgehead atoms. The predicted molar refractivity (Wildman–Crippen MR) is 44.3 cm³/mol. The van der Waals surface area contributed by atoms with Crippen LogP contribution in [0.5, 0.6) is 0 Å². The number of hydrogen-bond acceptors (Lipinski definition) is 3. The minimum absolute atomic E-state index is 0.709. The summed E-state index contributed by atoms with van der Waals surface area (Å²) in [5.74, 6) is 0. The van der Waals surface area contributed by atoms with Crippen LogP contribution in [-0.2, 0) is 14.5 Å². The molecule has 0 amide bonds. The summed E-state index contributed by atoms with van der Waals surface area (Å²) in [4.78, 5) is 1.99. The first-order valence-corrected chi connectivity index (χ1v) is 4.79. The summed E-state index contributed by atoms with van der Waals surface area (Å²) in [6.07, 6.45) is 0. The summed E-state index contributed by atoms with van der Waals surface area (Å²) in [6, 6.07) is 0. The Morgan fingerprint density at radius 1 is 1.50 bits per heavy atom. The molecule has 0 atom stereocenters. The molecule has 0 aliphatic carbocycles. The molecular formula is C2H2Cl3N3O3S. The van der Waals surface area contributed by atoms with E-state index in [4.69, 9.17) is 40.3 Å². The molecule has 0 aromatic carbocycles. The van der Waals surface area contributed by atoms with Gasteiger partial charge in [0.1, 0.15) is 6.61 Å². The number of halogens is 3. The van der Waals surface area contributed by atoms with Gasteiger partial charge in [-0.25, -0.2) is 0 Å². The van der Waals surface area contributed by atoms with Crippen molar-refractivity contribution in [3.63, 3.8) is 0 Å². The van der Waals surface area contributed by atoms with Crippen molar-refractivity contribution in [2.75, 3.05) is 6.61 Å². The van der Waals surface area contributed by atoms with Crippen molar-refractivity contribution in [2.45, 2.75) is 3.79 Å². The molecule has 0 aromatic heterocycles. The van der Waals surface area contributed by atoms with Crippen LogP contribution in [0.25, 0.3) is 10.4 Å². The Morgan fingerprint density at radius 2 is 2.00 bits per heavy atom. The van der Waals surface area contributed by atoms with Crippen LogP contribution in [0.1, 0.15) is 0 Å². The third kappa shape index (κ3) is 6.78. The van der Waals surface area contributed by atoms with Gasteiger partial charge >= 0.3 is 10.3 Å². The van der Waals surface area contributed by atoms with Crippen molar-refractivity contribution in [3.8, 4) is 0 Å². The molecule has 0 N–H and O–H groups in total. The number of hydrogen-bond donors (Lipinski definition) is 0. The first-order chi connectivity index (χ1) is 5.27. The Hall–Kier alpha value is 0.0900. The van der Waals surface area contributed by atoms with Crippen molar-refractivity contribution >= 4 is 45.1 Å². The van der Waals surface area contributed by atoms with Gasteiger partial charge in [0.05, 0.1) is 4.52 Å². The fourth-order valence-electron chi connectivity index (χ4n) is 0.210. The van der Waals surface area contributed by atoms with Crippen LogP contribution in [0.4, 0.5) is 0 Å². The van der Waals surface area contributed by atoms with Gasteiger partial charge in [-0.05, 0) is 5.53 Å². The van der Waals surface area contributed by atoms with E-state index in [9.17, 15) is 8.42 Å². The number of alkyl halides is 3. The highest BCUT2D eigenvalue weighted by Gasteiger charge is 2.23. The summed E-state index contributed by atoms with van der Waals surface area (Å²) >= 11 is 15.4. The molecule has 0 fully saturated rings. The lowest BCUT2D eigenvalue weighted by Gasteiger charge is -2.08. The van der Waals surface area contributed by atoms with E-state index in [0.717, 1.165) is 0 Å². The largest absolute Gasteiger partial charge is 0.358 e. The third-order valence-corrected chi connectivity index (χ3v) is 1.52. The van der Waals surface area contributed by atoms with E-state index in [1.165, 1.54) is 0 Å². The van der Waals surface area contributed by atoms with Crippen LogP contribution < -0.4 is 0 Å². The van der Waals surface area contributed by atoms with Gasteiger partial charge in [0.25, 0.3) is 0 Å². The van der Waals surface area contributed by atoms with Crippen molar-refractivity contribution in [3.05, 3.63) is 10.4 Å². The maximum atomic E-state index is 10.5. The second kappa shape index (κ2) is 4.36. The van der Waals surface area contributed by atoms with Gasteiger partial charge in [0.2, 0.25) is 3.79 Å². The SMILES string of the molecule is [N-]=[N+]=NS(=O)(=O)OCC(Cl)(Cl)Cl. The lowest BCUT2D eigenvalue weighted by atomic mass is 10.9. The first-order valence-electron chi connectivity index (χ1n) is 2.29. The van der Waals surface area contributed by atoms with E-state index < -0.39 is 20.7 Å². The van der Waals surface area contributed by atoms with Crippen molar-refractivity contribution in [1.29, 1.82) is 0 Å². The Bertz CT molecular complexity index is 288. The molecule has 0 spiro atoms. The quantitative estimate of drug-likeness (QED) is 0.333. The second-order valence-corrected chi connectivity index (χ2v) is 5.25. The van der Waals surface area contributed by atoms with Gasteiger partial charge in [-0.1, -0.05) is 34.8 Å². The zero-order chi connectivity index (χ0) is 9.83. The van der Waals surface area contributed by atoms with Crippen molar-refractivity contribution < 1.29 is 12.6 Å². The molecule has 0 aliphatic heterocycles. The Balaban J connectivity index is 4.21. The summed E-state index contributed by atoms with van der Waals surface area (Å²) in [7, 11) is -4.31. The fraction of sp³-hybridized carbons (Fsp3) is 1.00. The van der Waals surface area contributed by atoms with Gasteiger partial charge in [-0.15, -0.1) is 0 Å². The summed E-state index contributed by atoms with van der Waals surface area (Å²) in [5.41, 5.74) is 7.73. The normalized spacial score (nSPS) is 12.2. The molecule has 6 nitrogen and oxygen atoms in total. The Kier molecular flexibility index (Phi) is 4.39. The maximum absolute atomic E-state index is 10.5. The topological polar surface area (TPSA) is 92.1 Å². The van der Waals surface area contributed by atoms with Crippen LogP contribution in [0, 0.1) is 0 Å². The number of rotatable bonds is 3. The monoisotopic (exact) mass is 253 g/mol. The number of azide groups is 1. The lowest BCUT2D eigenvalue weighted by molar-refractivity contribution is 0.326. The highest BCUT2D eigenvalue weighted by Crippen LogP contribution is 2.26. The van der Waals surface area contributed by atoms with Gasteiger partial charge in [0, 0.05) is 4.91 Å². The minimum Gasteiger partial charge on any atom is -0.260 e. The summed E-state index contributed by atoms with van der Waals surface area (Å²) in [5, 5.41) is 0. The average Bonchev–Trinajstić information content (AvgIpc) is 1.83. The summed E-state index contributed by atoms with van der Waals surface area (Å²) in [6.45, 7) is -0.709. The van der Waals surface area contributed by atoms with Crippen LogP contribution >= 0.6 is 34.8 Å². The molecule has 70 valence electrons. The Morgan fingerprint density at radius 3 is 2.33 bits per heavy atom. The highest BCUT2D eigenvalue weighted by molar-refractivity contribution is 7.85. The van der Waals surface area contributed by atoms with E-state index >= 15 is 0 Å². The maximum Gasteiger partial charge on any atom is 0.358 e. The van der Waals surface area contributed by atoms with Gasteiger partial charge < -0.3 is 0 Å². The third-order valence-electron chi connectivity index (χ3n) is 0.508. The zero-order valence-electron chi connectivity index (χ0n) is 5.32. The molecular weight excluding hydrogens is 252 g/mol. The smallest absolute Gasteiger partial charge is 0.260 e. The van der Waals surface area contributed by atoms with Gasteiger partial charge in [0.15, 0.2) is 0 Å². The van der Waals surface area contributed by atoms with Gasteiger partial charge in [-0.3, -0.25) is 4.18 Å². The Labute approximate surface area is 83.2 Å².